The van der Waals surface area contributed by atoms with Crippen LogP contribution in [0.1, 0.15) is 29.7 Å². The fourth-order valence-corrected chi connectivity index (χ4v) is 2.37. The minimum Gasteiger partial charge on any atom is -0.312 e. The minimum atomic E-state index is 0.616. The van der Waals surface area contributed by atoms with E-state index in [9.17, 15) is 0 Å². The fourth-order valence-electron chi connectivity index (χ4n) is 1.81. The highest BCUT2D eigenvalue weighted by molar-refractivity contribution is 7.09. The van der Waals surface area contributed by atoms with Gasteiger partial charge in [0.2, 0.25) is 0 Å². The Kier molecular flexibility index (Phi) is 4.71. The standard InChI is InChI=1S/C14H18N2S/c1-12(13-5-3-2-4-6-13)7-8-15-9-14-10-16-11-17-14/h2-6,10-12,15H,7-9H2,1H3. The van der Waals surface area contributed by atoms with Crippen molar-refractivity contribution in [2.45, 2.75) is 25.8 Å². The maximum atomic E-state index is 4.06. The van der Waals surface area contributed by atoms with Crippen LogP contribution in [0.5, 0.6) is 0 Å². The monoisotopic (exact) mass is 246 g/mol. The summed E-state index contributed by atoms with van der Waals surface area (Å²) in [5.41, 5.74) is 3.30. The highest BCUT2D eigenvalue weighted by Crippen LogP contribution is 2.17. The van der Waals surface area contributed by atoms with E-state index in [1.807, 2.05) is 11.7 Å². The lowest BCUT2D eigenvalue weighted by Crippen LogP contribution is -2.15. The lowest BCUT2D eigenvalue weighted by molar-refractivity contribution is 0.597. The van der Waals surface area contributed by atoms with Crippen LogP contribution < -0.4 is 5.32 Å². The van der Waals surface area contributed by atoms with Gasteiger partial charge in [0.05, 0.1) is 5.51 Å². The van der Waals surface area contributed by atoms with Crippen LogP contribution in [0, 0.1) is 0 Å². The molecule has 0 saturated heterocycles. The zero-order valence-corrected chi connectivity index (χ0v) is 10.9. The third kappa shape index (κ3) is 3.95. The number of hydrogen-bond donors (Lipinski definition) is 1. The van der Waals surface area contributed by atoms with Gasteiger partial charge in [-0.3, -0.25) is 4.98 Å². The molecule has 2 nitrogen and oxygen atoms in total. The Bertz CT molecular complexity index is 411. The molecule has 0 aliphatic heterocycles. The third-order valence-corrected chi connectivity index (χ3v) is 3.69. The van der Waals surface area contributed by atoms with Crippen LogP contribution in [-0.2, 0) is 6.54 Å². The summed E-state index contributed by atoms with van der Waals surface area (Å²) in [5, 5.41) is 3.46. The lowest BCUT2D eigenvalue weighted by atomic mass is 9.98. The molecule has 2 rings (SSSR count). The van der Waals surface area contributed by atoms with E-state index in [0.29, 0.717) is 5.92 Å². The number of benzene rings is 1. The van der Waals surface area contributed by atoms with Gasteiger partial charge in [-0.1, -0.05) is 37.3 Å². The second kappa shape index (κ2) is 6.52. The zero-order valence-electron chi connectivity index (χ0n) is 10.1. The molecule has 1 atom stereocenters. The molecule has 1 N–H and O–H groups in total. The molecule has 90 valence electrons. The molecule has 0 spiro atoms. The van der Waals surface area contributed by atoms with Crippen LogP contribution in [0.4, 0.5) is 0 Å². The Morgan fingerprint density at radius 3 is 2.82 bits per heavy atom. The SMILES string of the molecule is CC(CCNCc1cncs1)c1ccccc1. The molecule has 1 heterocycles. The van der Waals surface area contributed by atoms with E-state index >= 15 is 0 Å². The Morgan fingerprint density at radius 1 is 1.29 bits per heavy atom. The first kappa shape index (κ1) is 12.3. The quantitative estimate of drug-likeness (QED) is 0.790. The molecule has 0 radical (unpaired) electrons. The lowest BCUT2D eigenvalue weighted by Gasteiger charge is -2.11. The van der Waals surface area contributed by atoms with E-state index in [-0.39, 0.29) is 0 Å². The number of hydrogen-bond acceptors (Lipinski definition) is 3. The molecule has 1 aromatic heterocycles. The van der Waals surface area contributed by atoms with E-state index in [1.54, 1.807) is 11.3 Å². The normalized spacial score (nSPS) is 12.5. The molecule has 0 saturated carbocycles. The van der Waals surface area contributed by atoms with Crippen LogP contribution in [0.2, 0.25) is 0 Å². The summed E-state index contributed by atoms with van der Waals surface area (Å²) in [6.45, 7) is 4.27. The van der Waals surface area contributed by atoms with Crippen molar-refractivity contribution >= 4 is 11.3 Å². The summed E-state index contributed by atoms with van der Waals surface area (Å²) in [6.07, 6.45) is 3.10. The van der Waals surface area contributed by atoms with Crippen molar-refractivity contribution in [3.63, 3.8) is 0 Å². The average molecular weight is 246 g/mol. The van der Waals surface area contributed by atoms with Gasteiger partial charge in [-0.2, -0.15) is 0 Å². The number of thiazole rings is 1. The predicted molar refractivity (Wildman–Crippen MR) is 73.3 cm³/mol. The van der Waals surface area contributed by atoms with Crippen LogP contribution in [0.15, 0.2) is 42.0 Å². The molecule has 0 bridgehead atoms. The summed E-state index contributed by atoms with van der Waals surface area (Å²) in [4.78, 5) is 5.37. The average Bonchev–Trinajstić information content (AvgIpc) is 2.88. The van der Waals surface area contributed by atoms with Gasteiger partial charge >= 0.3 is 0 Å². The molecule has 1 aromatic carbocycles. The first-order chi connectivity index (χ1) is 8.36. The topological polar surface area (TPSA) is 24.9 Å². The summed E-state index contributed by atoms with van der Waals surface area (Å²) in [5.74, 6) is 0.616. The van der Waals surface area contributed by atoms with Crippen molar-refractivity contribution in [1.82, 2.24) is 10.3 Å². The molecule has 2 aromatic rings. The number of nitrogens with one attached hydrogen (secondary N) is 1. The second-order valence-electron chi connectivity index (χ2n) is 4.24. The Morgan fingerprint density at radius 2 is 2.12 bits per heavy atom. The number of rotatable bonds is 6. The fraction of sp³-hybridized carbons (Fsp3) is 0.357. The smallest absolute Gasteiger partial charge is 0.0794 e. The largest absolute Gasteiger partial charge is 0.312 e. The summed E-state index contributed by atoms with van der Waals surface area (Å²) in [7, 11) is 0. The molecular formula is C14H18N2S. The van der Waals surface area contributed by atoms with Gasteiger partial charge in [0.25, 0.3) is 0 Å². The van der Waals surface area contributed by atoms with Gasteiger partial charge in [0.15, 0.2) is 0 Å². The van der Waals surface area contributed by atoms with Crippen LogP contribution in [0.3, 0.4) is 0 Å². The molecule has 0 aliphatic carbocycles. The van der Waals surface area contributed by atoms with Gasteiger partial charge in [0.1, 0.15) is 0 Å². The van der Waals surface area contributed by atoms with Crippen molar-refractivity contribution in [3.8, 4) is 0 Å². The number of aromatic nitrogens is 1. The molecule has 0 amide bonds. The van der Waals surface area contributed by atoms with Gasteiger partial charge in [0, 0.05) is 17.6 Å². The van der Waals surface area contributed by atoms with Crippen molar-refractivity contribution in [3.05, 3.63) is 52.5 Å². The molecule has 17 heavy (non-hydrogen) atoms. The van der Waals surface area contributed by atoms with E-state index in [1.165, 1.54) is 16.9 Å². The van der Waals surface area contributed by atoms with Gasteiger partial charge in [-0.25, -0.2) is 0 Å². The zero-order chi connectivity index (χ0) is 11.9. The van der Waals surface area contributed by atoms with E-state index in [0.717, 1.165) is 13.1 Å². The van der Waals surface area contributed by atoms with Crippen LogP contribution >= 0.6 is 11.3 Å². The Hall–Kier alpha value is -1.19. The maximum absolute atomic E-state index is 4.06. The summed E-state index contributed by atoms with van der Waals surface area (Å²) in [6, 6.07) is 10.7. The molecule has 0 aliphatic rings. The van der Waals surface area contributed by atoms with Crippen LogP contribution in [0.25, 0.3) is 0 Å². The van der Waals surface area contributed by atoms with Crippen molar-refractivity contribution in [2.24, 2.45) is 0 Å². The highest BCUT2D eigenvalue weighted by atomic mass is 32.1. The Balaban J connectivity index is 1.68. The molecular weight excluding hydrogens is 228 g/mol. The van der Waals surface area contributed by atoms with Gasteiger partial charge in [-0.15, -0.1) is 11.3 Å². The van der Waals surface area contributed by atoms with Crippen LogP contribution in [-0.4, -0.2) is 11.5 Å². The summed E-state index contributed by atoms with van der Waals surface area (Å²) >= 11 is 1.70. The second-order valence-corrected chi connectivity index (χ2v) is 5.22. The van der Waals surface area contributed by atoms with Crippen molar-refractivity contribution in [1.29, 1.82) is 0 Å². The van der Waals surface area contributed by atoms with Gasteiger partial charge in [-0.05, 0) is 24.4 Å². The van der Waals surface area contributed by atoms with Crippen molar-refractivity contribution in [2.75, 3.05) is 6.54 Å². The van der Waals surface area contributed by atoms with Crippen molar-refractivity contribution < 1.29 is 0 Å². The minimum absolute atomic E-state index is 0.616. The molecule has 0 fully saturated rings. The number of nitrogens with zero attached hydrogens (tertiary/aromatic N) is 1. The third-order valence-electron chi connectivity index (χ3n) is 2.91. The van der Waals surface area contributed by atoms with E-state index in [2.05, 4.69) is 47.6 Å². The predicted octanol–water partition coefficient (Wildman–Crippen LogP) is 3.43. The Labute approximate surface area is 107 Å². The maximum Gasteiger partial charge on any atom is 0.0794 e. The first-order valence-corrected chi connectivity index (χ1v) is 6.87. The summed E-state index contributed by atoms with van der Waals surface area (Å²) < 4.78 is 0. The molecule has 1 unspecified atom stereocenters. The van der Waals surface area contributed by atoms with Gasteiger partial charge < -0.3 is 5.32 Å². The highest BCUT2D eigenvalue weighted by Gasteiger charge is 2.03. The van der Waals surface area contributed by atoms with E-state index < -0.39 is 0 Å². The first-order valence-electron chi connectivity index (χ1n) is 5.99. The van der Waals surface area contributed by atoms with E-state index in [4.69, 9.17) is 0 Å². The molecule has 3 heteroatoms.